The Morgan fingerprint density at radius 2 is 2.18 bits per heavy atom. The maximum absolute atomic E-state index is 13.1. The van der Waals surface area contributed by atoms with Gasteiger partial charge in [0, 0.05) is 23.5 Å². The fourth-order valence-corrected chi connectivity index (χ4v) is 2.44. The average molecular weight is 250 g/mol. The zero-order chi connectivity index (χ0) is 12.3. The van der Waals surface area contributed by atoms with Crippen LogP contribution in [0.3, 0.4) is 0 Å². The van der Waals surface area contributed by atoms with Crippen molar-refractivity contribution in [3.8, 4) is 0 Å². The van der Waals surface area contributed by atoms with E-state index in [1.54, 1.807) is 17.4 Å². The van der Waals surface area contributed by atoms with Crippen LogP contribution in [-0.4, -0.2) is 11.5 Å². The van der Waals surface area contributed by atoms with E-state index in [-0.39, 0.29) is 5.82 Å². The molecule has 0 radical (unpaired) electrons. The number of hydrogen-bond donors (Lipinski definition) is 1. The fourth-order valence-electron chi connectivity index (χ4n) is 1.66. The number of thiazole rings is 1. The first-order chi connectivity index (χ1) is 8.16. The molecule has 0 aliphatic rings. The molecule has 0 aliphatic heterocycles. The maximum Gasteiger partial charge on any atom is 0.125 e. The molecule has 0 unspecified atom stereocenters. The number of halogens is 1. The lowest BCUT2D eigenvalue weighted by molar-refractivity contribution is 0.628. The highest BCUT2D eigenvalue weighted by atomic mass is 32.1. The number of benzene rings is 1. The van der Waals surface area contributed by atoms with Gasteiger partial charge in [0.05, 0.1) is 11.2 Å². The average Bonchev–Trinajstić information content (AvgIpc) is 2.70. The van der Waals surface area contributed by atoms with Crippen molar-refractivity contribution in [1.82, 2.24) is 4.98 Å². The molecule has 2 aromatic rings. The molecule has 0 bridgehead atoms. The Morgan fingerprint density at radius 1 is 1.35 bits per heavy atom. The molecule has 0 fully saturated rings. The summed E-state index contributed by atoms with van der Waals surface area (Å²) >= 11 is 1.67. The number of hydrogen-bond acceptors (Lipinski definition) is 3. The first kappa shape index (κ1) is 12.0. The molecular weight excluding hydrogens is 235 g/mol. The Bertz CT molecular complexity index is 508. The molecule has 2 nitrogen and oxygen atoms in total. The van der Waals surface area contributed by atoms with E-state index in [1.807, 2.05) is 19.4 Å². The van der Waals surface area contributed by atoms with Gasteiger partial charge in [-0.05, 0) is 31.5 Å². The van der Waals surface area contributed by atoms with Gasteiger partial charge in [0.1, 0.15) is 5.82 Å². The van der Waals surface area contributed by atoms with Gasteiger partial charge in [-0.3, -0.25) is 0 Å². The predicted molar refractivity (Wildman–Crippen MR) is 70.2 cm³/mol. The Hall–Kier alpha value is -1.42. The highest BCUT2D eigenvalue weighted by Crippen LogP contribution is 2.17. The van der Waals surface area contributed by atoms with Crippen molar-refractivity contribution in [2.45, 2.75) is 20.3 Å². The van der Waals surface area contributed by atoms with E-state index in [0.717, 1.165) is 29.9 Å². The lowest BCUT2D eigenvalue weighted by Crippen LogP contribution is -2.06. The van der Waals surface area contributed by atoms with Gasteiger partial charge in [0.15, 0.2) is 0 Å². The summed E-state index contributed by atoms with van der Waals surface area (Å²) in [6.07, 6.45) is 0.923. The SMILES string of the molecule is Cc1ccc(F)cc1NCCc1scnc1C. The zero-order valence-corrected chi connectivity index (χ0v) is 10.8. The molecule has 0 saturated heterocycles. The van der Waals surface area contributed by atoms with Crippen LogP contribution in [0.1, 0.15) is 16.1 Å². The molecule has 0 atom stereocenters. The summed E-state index contributed by atoms with van der Waals surface area (Å²) in [5.41, 5.74) is 4.88. The molecule has 1 aromatic carbocycles. The highest BCUT2D eigenvalue weighted by Gasteiger charge is 2.02. The second kappa shape index (κ2) is 5.27. The lowest BCUT2D eigenvalue weighted by atomic mass is 10.2. The second-order valence-corrected chi connectivity index (χ2v) is 4.94. The van der Waals surface area contributed by atoms with Gasteiger partial charge in [-0.15, -0.1) is 11.3 Å². The third-order valence-corrected chi connectivity index (χ3v) is 3.71. The maximum atomic E-state index is 13.1. The normalized spacial score (nSPS) is 10.5. The van der Waals surface area contributed by atoms with Crippen LogP contribution in [0.15, 0.2) is 23.7 Å². The monoisotopic (exact) mass is 250 g/mol. The number of aromatic nitrogens is 1. The smallest absolute Gasteiger partial charge is 0.125 e. The summed E-state index contributed by atoms with van der Waals surface area (Å²) in [6, 6.07) is 4.80. The van der Waals surface area contributed by atoms with E-state index in [2.05, 4.69) is 10.3 Å². The van der Waals surface area contributed by atoms with E-state index < -0.39 is 0 Å². The van der Waals surface area contributed by atoms with Crippen LogP contribution >= 0.6 is 11.3 Å². The first-order valence-electron chi connectivity index (χ1n) is 5.56. The van der Waals surface area contributed by atoms with Crippen LogP contribution in [0.5, 0.6) is 0 Å². The zero-order valence-electron chi connectivity index (χ0n) is 9.96. The van der Waals surface area contributed by atoms with Crippen LogP contribution in [0.4, 0.5) is 10.1 Å². The molecule has 17 heavy (non-hydrogen) atoms. The van der Waals surface area contributed by atoms with Gasteiger partial charge < -0.3 is 5.32 Å². The van der Waals surface area contributed by atoms with Crippen molar-refractivity contribution in [2.75, 3.05) is 11.9 Å². The van der Waals surface area contributed by atoms with E-state index >= 15 is 0 Å². The van der Waals surface area contributed by atoms with E-state index in [1.165, 1.54) is 17.0 Å². The van der Waals surface area contributed by atoms with Crippen molar-refractivity contribution in [2.24, 2.45) is 0 Å². The molecule has 4 heteroatoms. The minimum Gasteiger partial charge on any atom is -0.384 e. The lowest BCUT2D eigenvalue weighted by Gasteiger charge is -2.09. The summed E-state index contributed by atoms with van der Waals surface area (Å²) in [7, 11) is 0. The molecule has 0 amide bonds. The Kier molecular flexibility index (Phi) is 3.74. The number of aryl methyl sites for hydroxylation is 2. The van der Waals surface area contributed by atoms with Crippen LogP contribution in [0, 0.1) is 19.7 Å². The highest BCUT2D eigenvalue weighted by molar-refractivity contribution is 7.09. The van der Waals surface area contributed by atoms with E-state index in [4.69, 9.17) is 0 Å². The van der Waals surface area contributed by atoms with Gasteiger partial charge in [-0.1, -0.05) is 6.07 Å². The molecule has 0 aliphatic carbocycles. The molecule has 1 aromatic heterocycles. The van der Waals surface area contributed by atoms with Crippen molar-refractivity contribution in [3.63, 3.8) is 0 Å². The Balaban J connectivity index is 1.94. The molecule has 0 saturated carbocycles. The van der Waals surface area contributed by atoms with Crippen LogP contribution in [-0.2, 0) is 6.42 Å². The van der Waals surface area contributed by atoms with Crippen molar-refractivity contribution >= 4 is 17.0 Å². The summed E-state index contributed by atoms with van der Waals surface area (Å²) in [4.78, 5) is 5.49. The van der Waals surface area contributed by atoms with Crippen LogP contribution in [0.2, 0.25) is 0 Å². The fraction of sp³-hybridized carbons (Fsp3) is 0.308. The molecule has 2 rings (SSSR count). The topological polar surface area (TPSA) is 24.9 Å². The van der Waals surface area contributed by atoms with Gasteiger partial charge >= 0.3 is 0 Å². The quantitative estimate of drug-likeness (QED) is 0.897. The summed E-state index contributed by atoms with van der Waals surface area (Å²) < 4.78 is 13.1. The molecule has 0 spiro atoms. The number of nitrogens with zero attached hydrogens (tertiary/aromatic N) is 1. The number of rotatable bonds is 4. The second-order valence-electron chi connectivity index (χ2n) is 4.00. The van der Waals surface area contributed by atoms with Crippen LogP contribution in [0.25, 0.3) is 0 Å². The minimum atomic E-state index is -0.202. The summed E-state index contributed by atoms with van der Waals surface area (Å²) in [5.74, 6) is -0.202. The number of anilines is 1. The summed E-state index contributed by atoms with van der Waals surface area (Å²) in [6.45, 7) is 4.78. The first-order valence-corrected chi connectivity index (χ1v) is 6.44. The van der Waals surface area contributed by atoms with Crippen molar-refractivity contribution < 1.29 is 4.39 Å². The van der Waals surface area contributed by atoms with Gasteiger partial charge in [-0.2, -0.15) is 0 Å². The van der Waals surface area contributed by atoms with Gasteiger partial charge in [0.25, 0.3) is 0 Å². The van der Waals surface area contributed by atoms with E-state index in [9.17, 15) is 4.39 Å². The van der Waals surface area contributed by atoms with Crippen LogP contribution < -0.4 is 5.32 Å². The predicted octanol–water partition coefficient (Wildman–Crippen LogP) is 3.55. The molecule has 1 N–H and O–H groups in total. The van der Waals surface area contributed by atoms with Gasteiger partial charge in [-0.25, -0.2) is 9.37 Å². The number of nitrogens with one attached hydrogen (secondary N) is 1. The van der Waals surface area contributed by atoms with Crippen molar-refractivity contribution in [3.05, 3.63) is 45.7 Å². The minimum absolute atomic E-state index is 0.202. The molecular formula is C13H15FN2S. The molecule has 1 heterocycles. The Morgan fingerprint density at radius 3 is 2.88 bits per heavy atom. The Labute approximate surface area is 105 Å². The van der Waals surface area contributed by atoms with Gasteiger partial charge in [0.2, 0.25) is 0 Å². The molecule has 90 valence electrons. The summed E-state index contributed by atoms with van der Waals surface area (Å²) in [5, 5.41) is 3.26. The van der Waals surface area contributed by atoms with E-state index in [0.29, 0.717) is 0 Å². The largest absolute Gasteiger partial charge is 0.384 e. The van der Waals surface area contributed by atoms with Crippen molar-refractivity contribution in [1.29, 1.82) is 0 Å². The third kappa shape index (κ3) is 3.03. The third-order valence-electron chi connectivity index (χ3n) is 2.71. The standard InChI is InChI=1S/C13H15FN2S/c1-9-3-4-11(14)7-12(9)15-6-5-13-10(2)16-8-17-13/h3-4,7-8,15H,5-6H2,1-2H3.